The van der Waals surface area contributed by atoms with Crippen LogP contribution >= 0.6 is 11.6 Å². The van der Waals surface area contributed by atoms with E-state index in [2.05, 4.69) is 10.2 Å². The van der Waals surface area contributed by atoms with Gasteiger partial charge in [-0.05, 0) is 49.4 Å². The van der Waals surface area contributed by atoms with Crippen LogP contribution in [0.5, 0.6) is 5.75 Å². The molecule has 0 spiro atoms. The van der Waals surface area contributed by atoms with Crippen molar-refractivity contribution in [3.8, 4) is 5.75 Å². The van der Waals surface area contributed by atoms with Crippen molar-refractivity contribution >= 4 is 28.9 Å². The monoisotopic (exact) mass is 360 g/mol. The number of hydrogen-bond acceptors (Lipinski definition) is 4. The normalized spacial score (nSPS) is 15.5. The number of rotatable bonds is 5. The van der Waals surface area contributed by atoms with E-state index in [1.807, 2.05) is 24.3 Å². The Morgan fingerprint density at radius 3 is 2.60 bits per heavy atom. The Kier molecular flexibility index (Phi) is 5.79. The van der Waals surface area contributed by atoms with Crippen LogP contribution in [0.3, 0.4) is 0 Å². The second-order valence-electron chi connectivity index (χ2n) is 5.85. The Morgan fingerprint density at radius 1 is 1.20 bits per heavy atom. The molecule has 1 fully saturated rings. The molecule has 1 atom stereocenters. The molecule has 25 heavy (non-hydrogen) atoms. The molecule has 6 heteroatoms. The lowest BCUT2D eigenvalue weighted by Crippen LogP contribution is -2.36. The highest BCUT2D eigenvalue weighted by Gasteiger charge is 2.16. The SMILES string of the molecule is CC(Oc1cccc(Cl)c1)C(=O)Nc1ccc(N2CCOCC2)cc1. The summed E-state index contributed by atoms with van der Waals surface area (Å²) < 4.78 is 11.0. The zero-order chi connectivity index (χ0) is 17.6. The summed E-state index contributed by atoms with van der Waals surface area (Å²) in [6.45, 7) is 4.97. The number of benzene rings is 2. The predicted molar refractivity (Wildman–Crippen MR) is 99.6 cm³/mol. The molecule has 1 heterocycles. The van der Waals surface area contributed by atoms with Crippen LogP contribution in [0.2, 0.25) is 5.02 Å². The molecule has 1 aliphatic heterocycles. The molecule has 0 bridgehead atoms. The lowest BCUT2D eigenvalue weighted by atomic mass is 10.2. The molecule has 2 aromatic rings. The van der Waals surface area contributed by atoms with Gasteiger partial charge in [-0.3, -0.25) is 4.79 Å². The molecule has 2 aromatic carbocycles. The van der Waals surface area contributed by atoms with Crippen molar-refractivity contribution < 1.29 is 14.3 Å². The third kappa shape index (κ3) is 4.87. The van der Waals surface area contributed by atoms with Crippen molar-refractivity contribution in [2.24, 2.45) is 0 Å². The average molecular weight is 361 g/mol. The Bertz CT molecular complexity index is 715. The molecule has 0 aromatic heterocycles. The number of ether oxygens (including phenoxy) is 2. The summed E-state index contributed by atoms with van der Waals surface area (Å²) >= 11 is 5.92. The van der Waals surface area contributed by atoms with Crippen LogP contribution in [0.4, 0.5) is 11.4 Å². The third-order valence-corrected chi connectivity index (χ3v) is 4.22. The molecule has 1 saturated heterocycles. The van der Waals surface area contributed by atoms with Gasteiger partial charge in [-0.25, -0.2) is 0 Å². The van der Waals surface area contributed by atoms with E-state index in [4.69, 9.17) is 21.1 Å². The summed E-state index contributed by atoms with van der Waals surface area (Å²) in [5.41, 5.74) is 1.87. The fraction of sp³-hybridized carbons (Fsp3) is 0.316. The summed E-state index contributed by atoms with van der Waals surface area (Å²) in [6.07, 6.45) is -0.627. The molecule has 1 N–H and O–H groups in total. The highest BCUT2D eigenvalue weighted by atomic mass is 35.5. The number of nitrogens with zero attached hydrogens (tertiary/aromatic N) is 1. The predicted octanol–water partition coefficient (Wildman–Crippen LogP) is 3.58. The minimum atomic E-state index is -0.627. The standard InChI is InChI=1S/C19H21ClN2O3/c1-14(25-18-4-2-3-15(20)13-18)19(23)21-16-5-7-17(8-6-16)22-9-11-24-12-10-22/h2-8,13-14H,9-12H2,1H3,(H,21,23). The van der Waals surface area contributed by atoms with Crippen molar-refractivity contribution in [1.29, 1.82) is 0 Å². The van der Waals surface area contributed by atoms with Gasteiger partial charge in [0.1, 0.15) is 5.75 Å². The van der Waals surface area contributed by atoms with Gasteiger partial charge in [0.2, 0.25) is 0 Å². The first-order valence-corrected chi connectivity index (χ1v) is 8.65. The van der Waals surface area contributed by atoms with Crippen LogP contribution in [0.1, 0.15) is 6.92 Å². The van der Waals surface area contributed by atoms with Gasteiger partial charge in [-0.15, -0.1) is 0 Å². The maximum absolute atomic E-state index is 12.3. The van der Waals surface area contributed by atoms with Crippen LogP contribution in [-0.2, 0) is 9.53 Å². The van der Waals surface area contributed by atoms with Crippen molar-refractivity contribution in [1.82, 2.24) is 0 Å². The molecule has 132 valence electrons. The van der Waals surface area contributed by atoms with Crippen molar-refractivity contribution in [3.05, 3.63) is 53.6 Å². The minimum absolute atomic E-state index is 0.209. The average Bonchev–Trinajstić information content (AvgIpc) is 2.63. The number of carbonyl (C=O) groups is 1. The molecular weight excluding hydrogens is 340 g/mol. The van der Waals surface area contributed by atoms with E-state index in [-0.39, 0.29) is 5.91 Å². The summed E-state index contributed by atoms with van der Waals surface area (Å²) in [4.78, 5) is 14.6. The summed E-state index contributed by atoms with van der Waals surface area (Å²) in [5.74, 6) is 0.358. The van der Waals surface area contributed by atoms with Gasteiger partial charge in [0.05, 0.1) is 13.2 Å². The summed E-state index contributed by atoms with van der Waals surface area (Å²) in [5, 5.41) is 3.44. The quantitative estimate of drug-likeness (QED) is 0.885. The Hall–Kier alpha value is -2.24. The van der Waals surface area contributed by atoms with Gasteiger partial charge in [0, 0.05) is 29.5 Å². The smallest absolute Gasteiger partial charge is 0.265 e. The van der Waals surface area contributed by atoms with Crippen molar-refractivity contribution in [2.45, 2.75) is 13.0 Å². The van der Waals surface area contributed by atoms with Crippen molar-refractivity contribution in [3.63, 3.8) is 0 Å². The van der Waals surface area contributed by atoms with Crippen LogP contribution < -0.4 is 15.0 Å². The molecule has 5 nitrogen and oxygen atoms in total. The van der Waals surface area contributed by atoms with Gasteiger partial charge in [0.25, 0.3) is 5.91 Å². The van der Waals surface area contributed by atoms with Crippen molar-refractivity contribution in [2.75, 3.05) is 36.5 Å². The van der Waals surface area contributed by atoms with E-state index in [0.717, 1.165) is 37.7 Å². The first-order chi connectivity index (χ1) is 12.1. The van der Waals surface area contributed by atoms with Gasteiger partial charge < -0.3 is 19.7 Å². The number of morpholine rings is 1. The van der Waals surface area contributed by atoms with Gasteiger partial charge in [-0.1, -0.05) is 17.7 Å². The number of anilines is 2. The Labute approximate surface area is 152 Å². The van der Waals surface area contributed by atoms with E-state index in [0.29, 0.717) is 10.8 Å². The van der Waals surface area contributed by atoms with Gasteiger partial charge in [-0.2, -0.15) is 0 Å². The number of nitrogens with one attached hydrogen (secondary N) is 1. The van der Waals surface area contributed by atoms with E-state index < -0.39 is 6.10 Å². The maximum Gasteiger partial charge on any atom is 0.265 e. The summed E-state index contributed by atoms with van der Waals surface area (Å²) in [7, 11) is 0. The van der Waals surface area contributed by atoms with Gasteiger partial charge >= 0.3 is 0 Å². The van der Waals surface area contributed by atoms with Crippen LogP contribution in [0.25, 0.3) is 0 Å². The molecule has 1 aliphatic rings. The molecule has 0 radical (unpaired) electrons. The molecule has 0 saturated carbocycles. The highest BCUT2D eigenvalue weighted by molar-refractivity contribution is 6.30. The van der Waals surface area contributed by atoms with E-state index in [9.17, 15) is 4.79 Å². The molecular formula is C19H21ClN2O3. The van der Waals surface area contributed by atoms with Crippen LogP contribution in [0.15, 0.2) is 48.5 Å². The molecule has 0 aliphatic carbocycles. The second kappa shape index (κ2) is 8.23. The largest absolute Gasteiger partial charge is 0.481 e. The minimum Gasteiger partial charge on any atom is -0.481 e. The molecule has 1 amide bonds. The summed E-state index contributed by atoms with van der Waals surface area (Å²) in [6, 6.07) is 14.8. The first-order valence-electron chi connectivity index (χ1n) is 8.28. The topological polar surface area (TPSA) is 50.8 Å². The lowest BCUT2D eigenvalue weighted by Gasteiger charge is -2.29. The zero-order valence-corrected chi connectivity index (χ0v) is 14.8. The Balaban J connectivity index is 1.56. The number of halogens is 1. The number of hydrogen-bond donors (Lipinski definition) is 1. The van der Waals surface area contributed by atoms with Crippen LogP contribution in [-0.4, -0.2) is 38.3 Å². The van der Waals surface area contributed by atoms with E-state index in [1.165, 1.54) is 0 Å². The first kappa shape index (κ1) is 17.6. The van der Waals surface area contributed by atoms with Crippen LogP contribution in [0, 0.1) is 0 Å². The van der Waals surface area contributed by atoms with Gasteiger partial charge in [0.15, 0.2) is 6.10 Å². The fourth-order valence-electron chi connectivity index (χ4n) is 2.62. The van der Waals surface area contributed by atoms with E-state index >= 15 is 0 Å². The Morgan fingerprint density at radius 2 is 1.92 bits per heavy atom. The fourth-order valence-corrected chi connectivity index (χ4v) is 2.80. The third-order valence-electron chi connectivity index (χ3n) is 3.99. The van der Waals surface area contributed by atoms with E-state index in [1.54, 1.807) is 31.2 Å². The zero-order valence-electron chi connectivity index (χ0n) is 14.1. The number of carbonyl (C=O) groups excluding carboxylic acids is 1. The number of amides is 1. The second-order valence-corrected chi connectivity index (χ2v) is 6.29. The molecule has 1 unspecified atom stereocenters. The maximum atomic E-state index is 12.3. The molecule has 3 rings (SSSR count). The lowest BCUT2D eigenvalue weighted by molar-refractivity contribution is -0.122. The highest BCUT2D eigenvalue weighted by Crippen LogP contribution is 2.21.